The van der Waals surface area contributed by atoms with E-state index in [2.05, 4.69) is 17.1 Å². The molecule has 0 spiro atoms. The monoisotopic (exact) mass is 236 g/mol. The maximum absolute atomic E-state index is 9.56. The van der Waals surface area contributed by atoms with Gasteiger partial charge in [0.1, 0.15) is 0 Å². The van der Waals surface area contributed by atoms with Crippen LogP contribution in [0, 0.1) is 0 Å². The second kappa shape index (κ2) is 5.38. The highest BCUT2D eigenvalue weighted by Gasteiger charge is 2.21. The van der Waals surface area contributed by atoms with Crippen LogP contribution in [-0.4, -0.2) is 41.3 Å². The fraction of sp³-hybridized carbons (Fsp3) is 0.538. The highest BCUT2D eigenvalue weighted by Crippen LogP contribution is 2.31. The highest BCUT2D eigenvalue weighted by molar-refractivity contribution is 5.41. The predicted octanol–water partition coefficient (Wildman–Crippen LogP) is 1.45. The molecular weight excluding hydrogens is 216 g/mol. The van der Waals surface area contributed by atoms with Gasteiger partial charge in [0.25, 0.3) is 0 Å². The number of nitrogens with one attached hydrogen (secondary N) is 1. The van der Waals surface area contributed by atoms with Crippen molar-refractivity contribution < 1.29 is 10.2 Å². The molecule has 4 heteroatoms. The molecule has 1 aliphatic heterocycles. The lowest BCUT2D eigenvalue weighted by Crippen LogP contribution is -2.45. The third-order valence-corrected chi connectivity index (χ3v) is 3.36. The van der Waals surface area contributed by atoms with Crippen LogP contribution in [0.4, 0.5) is 0 Å². The zero-order valence-electron chi connectivity index (χ0n) is 10.2. The number of piperazine rings is 1. The second-order valence-corrected chi connectivity index (χ2v) is 4.46. The van der Waals surface area contributed by atoms with Crippen molar-refractivity contribution in [2.45, 2.75) is 19.4 Å². The smallest absolute Gasteiger partial charge is 0.157 e. The van der Waals surface area contributed by atoms with Crippen LogP contribution >= 0.6 is 0 Å². The average Bonchev–Trinajstić information content (AvgIpc) is 2.36. The summed E-state index contributed by atoms with van der Waals surface area (Å²) in [6.07, 6.45) is 1.00. The summed E-state index contributed by atoms with van der Waals surface area (Å²) in [7, 11) is 0. The van der Waals surface area contributed by atoms with Gasteiger partial charge in [-0.05, 0) is 24.1 Å². The Labute approximate surface area is 102 Å². The van der Waals surface area contributed by atoms with E-state index in [-0.39, 0.29) is 11.5 Å². The molecule has 1 unspecified atom stereocenters. The molecule has 0 aliphatic carbocycles. The van der Waals surface area contributed by atoms with Gasteiger partial charge in [-0.1, -0.05) is 13.0 Å². The number of benzene rings is 1. The van der Waals surface area contributed by atoms with Crippen molar-refractivity contribution in [3.05, 3.63) is 23.8 Å². The zero-order valence-corrected chi connectivity index (χ0v) is 10.2. The molecule has 17 heavy (non-hydrogen) atoms. The molecule has 1 heterocycles. The third-order valence-electron chi connectivity index (χ3n) is 3.36. The molecule has 0 bridgehead atoms. The summed E-state index contributed by atoms with van der Waals surface area (Å²) in [4.78, 5) is 2.42. The molecule has 1 aromatic rings. The number of hydrogen-bond acceptors (Lipinski definition) is 4. The van der Waals surface area contributed by atoms with Crippen LogP contribution in [0.2, 0.25) is 0 Å². The van der Waals surface area contributed by atoms with Crippen LogP contribution in [-0.2, 0) is 0 Å². The minimum atomic E-state index is -0.0519. The van der Waals surface area contributed by atoms with E-state index in [1.807, 2.05) is 6.07 Å². The molecular formula is C13H20N2O2. The molecule has 1 aromatic carbocycles. The standard InChI is InChI=1S/C13H20N2O2/c1-2-11(15-7-5-14-6-8-15)10-3-4-12(16)13(17)9-10/h3-4,9,11,14,16-17H,2,5-8H2,1H3. The molecule has 0 radical (unpaired) electrons. The van der Waals surface area contributed by atoms with E-state index in [9.17, 15) is 10.2 Å². The van der Waals surface area contributed by atoms with Gasteiger partial charge in [0, 0.05) is 32.2 Å². The first kappa shape index (κ1) is 12.2. The van der Waals surface area contributed by atoms with Crippen LogP contribution < -0.4 is 5.32 Å². The summed E-state index contributed by atoms with van der Waals surface area (Å²) >= 11 is 0. The first-order valence-corrected chi connectivity index (χ1v) is 6.19. The van der Waals surface area contributed by atoms with Crippen molar-refractivity contribution in [3.8, 4) is 11.5 Å². The molecule has 1 atom stereocenters. The maximum Gasteiger partial charge on any atom is 0.157 e. The summed E-state index contributed by atoms with van der Waals surface area (Å²) in [5, 5.41) is 22.2. The summed E-state index contributed by atoms with van der Waals surface area (Å²) in [5.41, 5.74) is 1.07. The molecule has 1 aliphatic rings. The number of phenolic OH excluding ortho intramolecular Hbond substituents is 2. The Balaban J connectivity index is 2.18. The Bertz CT molecular complexity index is 376. The van der Waals surface area contributed by atoms with Crippen LogP contribution in [0.3, 0.4) is 0 Å². The van der Waals surface area contributed by atoms with Crippen molar-refractivity contribution in [2.24, 2.45) is 0 Å². The van der Waals surface area contributed by atoms with E-state index in [0.29, 0.717) is 6.04 Å². The van der Waals surface area contributed by atoms with E-state index >= 15 is 0 Å². The molecule has 0 saturated carbocycles. The van der Waals surface area contributed by atoms with E-state index in [0.717, 1.165) is 38.2 Å². The van der Waals surface area contributed by atoms with Crippen LogP contribution in [0.15, 0.2) is 18.2 Å². The molecule has 0 amide bonds. The van der Waals surface area contributed by atoms with Gasteiger partial charge in [0.2, 0.25) is 0 Å². The van der Waals surface area contributed by atoms with Gasteiger partial charge in [0.05, 0.1) is 0 Å². The zero-order chi connectivity index (χ0) is 12.3. The molecule has 94 valence electrons. The van der Waals surface area contributed by atoms with Crippen molar-refractivity contribution in [1.29, 1.82) is 0 Å². The van der Waals surface area contributed by atoms with Gasteiger partial charge in [-0.25, -0.2) is 0 Å². The van der Waals surface area contributed by atoms with Crippen molar-refractivity contribution in [2.75, 3.05) is 26.2 Å². The van der Waals surface area contributed by atoms with Gasteiger partial charge >= 0.3 is 0 Å². The largest absolute Gasteiger partial charge is 0.504 e. The van der Waals surface area contributed by atoms with Crippen LogP contribution in [0.1, 0.15) is 24.9 Å². The number of aromatic hydroxyl groups is 2. The molecule has 1 fully saturated rings. The van der Waals surface area contributed by atoms with E-state index < -0.39 is 0 Å². The Kier molecular flexibility index (Phi) is 3.86. The van der Waals surface area contributed by atoms with E-state index in [4.69, 9.17) is 0 Å². The first-order chi connectivity index (χ1) is 8.22. The number of hydrogen-bond donors (Lipinski definition) is 3. The van der Waals surface area contributed by atoms with E-state index in [1.54, 1.807) is 12.1 Å². The summed E-state index contributed by atoms with van der Waals surface area (Å²) in [5.74, 6) is -0.0833. The topological polar surface area (TPSA) is 55.7 Å². The molecule has 3 N–H and O–H groups in total. The summed E-state index contributed by atoms with van der Waals surface area (Å²) in [6, 6.07) is 5.45. The molecule has 0 aromatic heterocycles. The number of phenols is 2. The quantitative estimate of drug-likeness (QED) is 0.695. The van der Waals surface area contributed by atoms with Gasteiger partial charge in [-0.2, -0.15) is 0 Å². The van der Waals surface area contributed by atoms with E-state index in [1.165, 1.54) is 0 Å². The van der Waals surface area contributed by atoms with Gasteiger partial charge in [-0.3, -0.25) is 4.90 Å². The highest BCUT2D eigenvalue weighted by atomic mass is 16.3. The second-order valence-electron chi connectivity index (χ2n) is 4.46. The van der Waals surface area contributed by atoms with Gasteiger partial charge < -0.3 is 15.5 Å². The van der Waals surface area contributed by atoms with Gasteiger partial charge in [0.15, 0.2) is 11.5 Å². The Hall–Kier alpha value is -1.26. The fourth-order valence-corrected chi connectivity index (χ4v) is 2.45. The first-order valence-electron chi connectivity index (χ1n) is 6.19. The predicted molar refractivity (Wildman–Crippen MR) is 67.2 cm³/mol. The summed E-state index contributed by atoms with van der Waals surface area (Å²) < 4.78 is 0. The third kappa shape index (κ3) is 2.70. The minimum absolute atomic E-state index is 0.0314. The SMILES string of the molecule is CCC(c1ccc(O)c(O)c1)N1CCNCC1. The molecule has 2 rings (SSSR count). The van der Waals surface area contributed by atoms with Gasteiger partial charge in [-0.15, -0.1) is 0 Å². The lowest BCUT2D eigenvalue weighted by atomic mass is 10.0. The lowest BCUT2D eigenvalue weighted by Gasteiger charge is -2.34. The Morgan fingerprint density at radius 1 is 1.24 bits per heavy atom. The molecule has 1 saturated heterocycles. The Morgan fingerprint density at radius 3 is 2.53 bits per heavy atom. The summed E-state index contributed by atoms with van der Waals surface area (Å²) in [6.45, 7) is 6.23. The minimum Gasteiger partial charge on any atom is -0.504 e. The van der Waals surface area contributed by atoms with Crippen molar-refractivity contribution in [3.63, 3.8) is 0 Å². The molecule has 4 nitrogen and oxygen atoms in total. The maximum atomic E-state index is 9.56. The number of rotatable bonds is 3. The van der Waals surface area contributed by atoms with Crippen molar-refractivity contribution in [1.82, 2.24) is 10.2 Å². The lowest BCUT2D eigenvalue weighted by molar-refractivity contribution is 0.169. The Morgan fingerprint density at radius 2 is 1.94 bits per heavy atom. The number of nitrogens with zero attached hydrogens (tertiary/aromatic N) is 1. The van der Waals surface area contributed by atoms with Crippen LogP contribution in [0.25, 0.3) is 0 Å². The fourth-order valence-electron chi connectivity index (χ4n) is 2.45. The normalized spacial score (nSPS) is 19.1. The van der Waals surface area contributed by atoms with Crippen LogP contribution in [0.5, 0.6) is 11.5 Å². The average molecular weight is 236 g/mol. The van der Waals surface area contributed by atoms with Crippen molar-refractivity contribution >= 4 is 0 Å².